The van der Waals surface area contributed by atoms with Gasteiger partial charge in [-0.2, -0.15) is 0 Å². The average molecular weight is 240 g/mol. The Hall–Kier alpha value is -2.29. The van der Waals surface area contributed by atoms with Crippen LogP contribution in [0.15, 0.2) is 60.7 Å². The Bertz CT molecular complexity index is 496. The van der Waals surface area contributed by atoms with E-state index in [2.05, 4.69) is 0 Å². The number of hydrogen-bond donors (Lipinski definition) is 1. The summed E-state index contributed by atoms with van der Waals surface area (Å²) in [6, 6.07) is 19.8. The van der Waals surface area contributed by atoms with Gasteiger partial charge in [-0.05, 0) is 17.7 Å². The van der Waals surface area contributed by atoms with E-state index < -0.39 is 0 Å². The summed E-state index contributed by atoms with van der Waals surface area (Å²) in [6.07, 6.45) is 0. The Morgan fingerprint density at radius 2 is 1.50 bits per heavy atom. The van der Waals surface area contributed by atoms with E-state index in [1.165, 1.54) is 0 Å². The lowest BCUT2D eigenvalue weighted by molar-refractivity contribution is -0.116. The molecule has 0 saturated carbocycles. The molecule has 2 N–H and O–H groups in total. The Balaban J connectivity index is 2.18. The van der Waals surface area contributed by atoms with Crippen LogP contribution in [0.4, 0.5) is 5.69 Å². The number of nitrogens with zero attached hydrogens (tertiary/aromatic N) is 1. The summed E-state index contributed by atoms with van der Waals surface area (Å²) >= 11 is 0. The molecule has 0 saturated heterocycles. The number of carbonyl (C=O) groups excluding carboxylic acids is 1. The Labute approximate surface area is 107 Å². The van der Waals surface area contributed by atoms with Gasteiger partial charge in [-0.25, -0.2) is 0 Å². The molecule has 0 bridgehead atoms. The molecule has 92 valence electrons. The fourth-order valence-electron chi connectivity index (χ4n) is 1.87. The first-order chi connectivity index (χ1) is 8.75. The van der Waals surface area contributed by atoms with E-state index in [4.69, 9.17) is 5.73 Å². The van der Waals surface area contributed by atoms with Crippen LogP contribution in [0, 0.1) is 0 Å². The molecule has 0 atom stereocenters. The maximum atomic E-state index is 11.2. The van der Waals surface area contributed by atoms with E-state index in [9.17, 15) is 4.79 Å². The topological polar surface area (TPSA) is 46.3 Å². The van der Waals surface area contributed by atoms with E-state index in [0.717, 1.165) is 11.3 Å². The van der Waals surface area contributed by atoms with Crippen LogP contribution in [0.5, 0.6) is 0 Å². The van der Waals surface area contributed by atoms with Crippen LogP contribution in [-0.4, -0.2) is 12.5 Å². The fraction of sp³-hybridized carbons (Fsp3) is 0.133. The Kier molecular flexibility index (Phi) is 3.97. The molecule has 1 amide bonds. The molecule has 0 fully saturated rings. The number of nitrogens with two attached hydrogens (primary N) is 1. The SMILES string of the molecule is NC(=O)CN(Cc1ccccc1)c1ccccc1. The van der Waals surface area contributed by atoms with Gasteiger partial charge in [-0.3, -0.25) is 4.79 Å². The summed E-state index contributed by atoms with van der Waals surface area (Å²) in [5, 5.41) is 0. The van der Waals surface area contributed by atoms with Crippen molar-refractivity contribution in [2.24, 2.45) is 5.73 Å². The van der Waals surface area contributed by atoms with Gasteiger partial charge in [-0.1, -0.05) is 48.5 Å². The highest BCUT2D eigenvalue weighted by molar-refractivity contribution is 5.79. The molecule has 0 heterocycles. The van der Waals surface area contributed by atoms with Crippen molar-refractivity contribution in [1.29, 1.82) is 0 Å². The molecule has 0 radical (unpaired) electrons. The molecule has 0 aliphatic rings. The molecule has 0 aliphatic heterocycles. The molecule has 0 aliphatic carbocycles. The van der Waals surface area contributed by atoms with Gasteiger partial charge in [0.15, 0.2) is 0 Å². The highest BCUT2D eigenvalue weighted by Gasteiger charge is 2.09. The van der Waals surface area contributed by atoms with E-state index in [0.29, 0.717) is 6.54 Å². The number of amides is 1. The van der Waals surface area contributed by atoms with Crippen LogP contribution in [0.1, 0.15) is 5.56 Å². The van der Waals surface area contributed by atoms with Crippen molar-refractivity contribution >= 4 is 11.6 Å². The summed E-state index contributed by atoms with van der Waals surface area (Å²) in [4.78, 5) is 13.1. The van der Waals surface area contributed by atoms with Gasteiger partial charge < -0.3 is 10.6 Å². The molecule has 2 aromatic carbocycles. The van der Waals surface area contributed by atoms with Gasteiger partial charge in [-0.15, -0.1) is 0 Å². The van der Waals surface area contributed by atoms with Gasteiger partial charge in [0.1, 0.15) is 0 Å². The lowest BCUT2D eigenvalue weighted by Crippen LogP contribution is -2.33. The predicted molar refractivity (Wildman–Crippen MR) is 73.1 cm³/mol. The second-order valence-electron chi connectivity index (χ2n) is 4.14. The largest absolute Gasteiger partial charge is 0.368 e. The maximum absolute atomic E-state index is 11.2. The summed E-state index contributed by atoms with van der Waals surface area (Å²) in [7, 11) is 0. The third kappa shape index (κ3) is 3.35. The molecule has 0 aromatic heterocycles. The number of primary amides is 1. The van der Waals surface area contributed by atoms with E-state index in [1.807, 2.05) is 65.6 Å². The molecular weight excluding hydrogens is 224 g/mol. The predicted octanol–water partition coefficient (Wildman–Crippen LogP) is 2.18. The molecule has 0 spiro atoms. The molecule has 3 nitrogen and oxygen atoms in total. The lowest BCUT2D eigenvalue weighted by Gasteiger charge is -2.23. The van der Waals surface area contributed by atoms with Crippen molar-refractivity contribution in [2.45, 2.75) is 6.54 Å². The van der Waals surface area contributed by atoms with Crippen molar-refractivity contribution < 1.29 is 4.79 Å². The first-order valence-electron chi connectivity index (χ1n) is 5.88. The zero-order valence-electron chi connectivity index (χ0n) is 10.1. The molecule has 3 heteroatoms. The fourth-order valence-corrected chi connectivity index (χ4v) is 1.87. The minimum atomic E-state index is -0.324. The maximum Gasteiger partial charge on any atom is 0.236 e. The third-order valence-electron chi connectivity index (χ3n) is 2.68. The highest BCUT2D eigenvalue weighted by Crippen LogP contribution is 2.16. The highest BCUT2D eigenvalue weighted by atomic mass is 16.1. The number of carbonyl (C=O) groups is 1. The standard InChI is InChI=1S/C15H16N2O/c16-15(18)12-17(14-9-5-2-6-10-14)11-13-7-3-1-4-8-13/h1-10H,11-12H2,(H2,16,18). The van der Waals surface area contributed by atoms with Crippen LogP contribution in [0.2, 0.25) is 0 Å². The van der Waals surface area contributed by atoms with Crippen molar-refractivity contribution in [1.82, 2.24) is 0 Å². The number of hydrogen-bond acceptors (Lipinski definition) is 2. The Morgan fingerprint density at radius 3 is 2.06 bits per heavy atom. The zero-order chi connectivity index (χ0) is 12.8. The van der Waals surface area contributed by atoms with Crippen LogP contribution < -0.4 is 10.6 Å². The molecule has 18 heavy (non-hydrogen) atoms. The molecule has 2 rings (SSSR count). The van der Waals surface area contributed by atoms with Gasteiger partial charge in [0.25, 0.3) is 0 Å². The summed E-state index contributed by atoms with van der Waals surface area (Å²) in [5.74, 6) is -0.324. The lowest BCUT2D eigenvalue weighted by atomic mass is 10.2. The number of anilines is 1. The van der Waals surface area contributed by atoms with E-state index in [1.54, 1.807) is 0 Å². The third-order valence-corrected chi connectivity index (χ3v) is 2.68. The second-order valence-corrected chi connectivity index (χ2v) is 4.14. The average Bonchev–Trinajstić information content (AvgIpc) is 2.40. The van der Waals surface area contributed by atoms with Crippen LogP contribution in [0.3, 0.4) is 0 Å². The monoisotopic (exact) mass is 240 g/mol. The van der Waals surface area contributed by atoms with E-state index in [-0.39, 0.29) is 12.5 Å². The minimum absolute atomic E-state index is 0.221. The molecular formula is C15H16N2O. The smallest absolute Gasteiger partial charge is 0.236 e. The van der Waals surface area contributed by atoms with Crippen molar-refractivity contribution in [3.8, 4) is 0 Å². The quantitative estimate of drug-likeness (QED) is 0.870. The number of rotatable bonds is 5. The van der Waals surface area contributed by atoms with Gasteiger partial charge in [0.2, 0.25) is 5.91 Å². The first-order valence-corrected chi connectivity index (χ1v) is 5.88. The molecule has 0 unspecified atom stereocenters. The van der Waals surface area contributed by atoms with Crippen molar-refractivity contribution in [2.75, 3.05) is 11.4 Å². The molecule has 2 aromatic rings. The summed E-state index contributed by atoms with van der Waals surface area (Å²) < 4.78 is 0. The van der Waals surface area contributed by atoms with E-state index >= 15 is 0 Å². The van der Waals surface area contributed by atoms with Crippen LogP contribution in [-0.2, 0) is 11.3 Å². The summed E-state index contributed by atoms with van der Waals surface area (Å²) in [6.45, 7) is 0.896. The van der Waals surface area contributed by atoms with Gasteiger partial charge in [0.05, 0.1) is 6.54 Å². The first kappa shape index (κ1) is 12.2. The number of para-hydroxylation sites is 1. The normalized spacial score (nSPS) is 10.0. The minimum Gasteiger partial charge on any atom is -0.368 e. The zero-order valence-corrected chi connectivity index (χ0v) is 10.1. The van der Waals surface area contributed by atoms with Crippen molar-refractivity contribution in [3.63, 3.8) is 0 Å². The van der Waals surface area contributed by atoms with Gasteiger partial charge >= 0.3 is 0 Å². The van der Waals surface area contributed by atoms with Crippen LogP contribution >= 0.6 is 0 Å². The van der Waals surface area contributed by atoms with Crippen molar-refractivity contribution in [3.05, 3.63) is 66.2 Å². The summed E-state index contributed by atoms with van der Waals surface area (Å²) in [5.41, 5.74) is 7.46. The Morgan fingerprint density at radius 1 is 0.944 bits per heavy atom. The van der Waals surface area contributed by atoms with Gasteiger partial charge in [0, 0.05) is 12.2 Å². The second kappa shape index (κ2) is 5.87. The number of benzene rings is 2. The van der Waals surface area contributed by atoms with Crippen LogP contribution in [0.25, 0.3) is 0 Å².